The average molecular weight is 386 g/mol. The summed E-state index contributed by atoms with van der Waals surface area (Å²) >= 11 is 0. The lowest BCUT2D eigenvalue weighted by Gasteiger charge is -2.18. The highest BCUT2D eigenvalue weighted by Gasteiger charge is 2.17. The van der Waals surface area contributed by atoms with Gasteiger partial charge in [-0.25, -0.2) is 9.59 Å². The zero-order valence-electron chi connectivity index (χ0n) is 16.9. The molecule has 0 spiro atoms. The molecule has 0 fully saturated rings. The largest absolute Gasteiger partial charge is 0.462 e. The predicted octanol–water partition coefficient (Wildman–Crippen LogP) is 2.83. The van der Waals surface area contributed by atoms with Crippen molar-refractivity contribution >= 4 is 11.9 Å². The first-order valence-corrected chi connectivity index (χ1v) is 9.36. The van der Waals surface area contributed by atoms with Crippen molar-refractivity contribution in [1.82, 2.24) is 0 Å². The molecular formula is C20H34O7. The number of rotatable bonds is 17. The van der Waals surface area contributed by atoms with Crippen LogP contribution in [0, 0.1) is 0 Å². The van der Waals surface area contributed by atoms with Crippen LogP contribution in [-0.2, 0) is 33.3 Å². The first-order valence-electron chi connectivity index (χ1n) is 9.36. The Bertz CT molecular complexity index is 459. The molecule has 0 N–H and O–H groups in total. The zero-order chi connectivity index (χ0) is 20.5. The number of carbonyl (C=O) groups is 2. The summed E-state index contributed by atoms with van der Waals surface area (Å²) in [4.78, 5) is 23.1. The van der Waals surface area contributed by atoms with E-state index in [1.165, 1.54) is 0 Å². The van der Waals surface area contributed by atoms with Gasteiger partial charge in [0.1, 0.15) is 6.61 Å². The van der Waals surface area contributed by atoms with Crippen molar-refractivity contribution in [3.63, 3.8) is 0 Å². The molecule has 156 valence electrons. The van der Waals surface area contributed by atoms with E-state index in [1.807, 2.05) is 13.8 Å². The minimum Gasteiger partial charge on any atom is -0.462 e. The number of hydrogen-bond donors (Lipinski definition) is 0. The highest BCUT2D eigenvalue weighted by molar-refractivity contribution is 5.87. The van der Waals surface area contributed by atoms with Gasteiger partial charge in [-0.1, -0.05) is 26.5 Å². The third-order valence-corrected chi connectivity index (χ3v) is 3.39. The van der Waals surface area contributed by atoms with Gasteiger partial charge >= 0.3 is 11.9 Å². The normalized spacial score (nSPS) is 11.7. The molecule has 0 saturated carbocycles. The Balaban J connectivity index is 4.05. The lowest BCUT2D eigenvalue weighted by atomic mass is 10.1. The van der Waals surface area contributed by atoms with Gasteiger partial charge in [0.15, 0.2) is 0 Å². The second-order valence-electron chi connectivity index (χ2n) is 5.98. The molecule has 1 unspecified atom stereocenters. The number of hydrogen-bond acceptors (Lipinski definition) is 7. The maximum Gasteiger partial charge on any atom is 0.333 e. The van der Waals surface area contributed by atoms with E-state index in [0.29, 0.717) is 50.6 Å². The molecule has 0 amide bonds. The van der Waals surface area contributed by atoms with Gasteiger partial charge in [0, 0.05) is 24.2 Å². The smallest absolute Gasteiger partial charge is 0.333 e. The van der Waals surface area contributed by atoms with E-state index in [0.717, 1.165) is 12.8 Å². The monoisotopic (exact) mass is 386 g/mol. The first-order chi connectivity index (χ1) is 12.9. The number of esters is 2. The van der Waals surface area contributed by atoms with Crippen LogP contribution in [-0.4, -0.2) is 64.3 Å². The molecule has 0 radical (unpaired) electrons. The minimum absolute atomic E-state index is 0.161. The Morgan fingerprint density at radius 2 is 1.56 bits per heavy atom. The van der Waals surface area contributed by atoms with Crippen LogP contribution in [0.1, 0.15) is 40.0 Å². The zero-order valence-corrected chi connectivity index (χ0v) is 16.9. The maximum absolute atomic E-state index is 11.9. The molecule has 0 aliphatic heterocycles. The summed E-state index contributed by atoms with van der Waals surface area (Å²) in [5.41, 5.74) is 0.717. The molecule has 0 saturated heterocycles. The summed E-state index contributed by atoms with van der Waals surface area (Å²) in [5, 5.41) is 0. The Hall–Kier alpha value is -1.70. The van der Waals surface area contributed by atoms with Crippen molar-refractivity contribution in [2.45, 2.75) is 46.1 Å². The predicted molar refractivity (Wildman–Crippen MR) is 102 cm³/mol. The Morgan fingerprint density at radius 1 is 0.889 bits per heavy atom. The van der Waals surface area contributed by atoms with E-state index >= 15 is 0 Å². The molecule has 27 heavy (non-hydrogen) atoms. The van der Waals surface area contributed by atoms with E-state index in [1.54, 1.807) is 6.92 Å². The standard InChI is InChI=1S/C20H34O7/c1-6-8-9-26-20(22)17(5)14-18(15-23-7-2)25-12-10-24-11-13-27-19(21)16(3)4/h18H,3,5-15H2,1-2,4H3. The van der Waals surface area contributed by atoms with Gasteiger partial charge in [-0.05, 0) is 20.3 Å². The van der Waals surface area contributed by atoms with Gasteiger partial charge < -0.3 is 23.7 Å². The van der Waals surface area contributed by atoms with Crippen molar-refractivity contribution in [1.29, 1.82) is 0 Å². The van der Waals surface area contributed by atoms with E-state index in [9.17, 15) is 9.59 Å². The average Bonchev–Trinajstić information content (AvgIpc) is 2.64. The lowest BCUT2D eigenvalue weighted by molar-refractivity contribution is -0.141. The molecule has 1 atom stereocenters. The summed E-state index contributed by atoms with van der Waals surface area (Å²) in [6.07, 6.45) is 1.82. The van der Waals surface area contributed by atoms with Gasteiger partial charge in [0.05, 0.1) is 39.1 Å². The van der Waals surface area contributed by atoms with Crippen molar-refractivity contribution in [2.75, 3.05) is 46.2 Å². The Kier molecular flexibility index (Phi) is 15.4. The van der Waals surface area contributed by atoms with Crippen LogP contribution >= 0.6 is 0 Å². The fraction of sp³-hybridized carbons (Fsp3) is 0.700. The Morgan fingerprint density at radius 3 is 2.19 bits per heavy atom. The summed E-state index contributed by atoms with van der Waals surface area (Å²) in [5.74, 6) is -0.833. The second-order valence-corrected chi connectivity index (χ2v) is 5.98. The number of ether oxygens (including phenoxy) is 5. The van der Waals surface area contributed by atoms with Crippen molar-refractivity contribution in [3.8, 4) is 0 Å². The molecular weight excluding hydrogens is 352 g/mol. The highest BCUT2D eigenvalue weighted by atomic mass is 16.6. The summed E-state index contributed by atoms with van der Waals surface area (Å²) in [6.45, 7) is 15.2. The van der Waals surface area contributed by atoms with Gasteiger partial charge in [-0.15, -0.1) is 0 Å². The fourth-order valence-electron chi connectivity index (χ4n) is 1.88. The molecule has 0 bridgehead atoms. The topological polar surface area (TPSA) is 80.3 Å². The fourth-order valence-corrected chi connectivity index (χ4v) is 1.88. The van der Waals surface area contributed by atoms with E-state index in [4.69, 9.17) is 23.7 Å². The van der Waals surface area contributed by atoms with Crippen LogP contribution in [0.25, 0.3) is 0 Å². The summed E-state index contributed by atoms with van der Waals surface area (Å²) < 4.78 is 26.5. The molecule has 0 aliphatic rings. The first kappa shape index (κ1) is 25.3. The number of unbranched alkanes of at least 4 members (excludes halogenated alkanes) is 1. The van der Waals surface area contributed by atoms with E-state index in [2.05, 4.69) is 13.2 Å². The van der Waals surface area contributed by atoms with Crippen LogP contribution in [0.15, 0.2) is 24.3 Å². The minimum atomic E-state index is -0.434. The third kappa shape index (κ3) is 14.1. The van der Waals surface area contributed by atoms with Crippen LogP contribution in [0.2, 0.25) is 0 Å². The van der Waals surface area contributed by atoms with Crippen LogP contribution < -0.4 is 0 Å². The van der Waals surface area contributed by atoms with Crippen LogP contribution in [0.3, 0.4) is 0 Å². The van der Waals surface area contributed by atoms with Gasteiger partial charge in [-0.3, -0.25) is 0 Å². The summed E-state index contributed by atoms with van der Waals surface area (Å²) in [6, 6.07) is 0. The van der Waals surface area contributed by atoms with Gasteiger partial charge in [-0.2, -0.15) is 0 Å². The highest BCUT2D eigenvalue weighted by Crippen LogP contribution is 2.10. The summed E-state index contributed by atoms with van der Waals surface area (Å²) in [7, 11) is 0. The van der Waals surface area contributed by atoms with Crippen molar-refractivity contribution in [3.05, 3.63) is 24.3 Å². The maximum atomic E-state index is 11.9. The van der Waals surface area contributed by atoms with Crippen LogP contribution in [0.5, 0.6) is 0 Å². The molecule has 0 aliphatic carbocycles. The molecule has 0 aromatic rings. The van der Waals surface area contributed by atoms with E-state index < -0.39 is 11.9 Å². The van der Waals surface area contributed by atoms with Gasteiger partial charge in [0.25, 0.3) is 0 Å². The quantitative estimate of drug-likeness (QED) is 0.216. The lowest BCUT2D eigenvalue weighted by Crippen LogP contribution is -2.25. The van der Waals surface area contributed by atoms with Crippen molar-refractivity contribution < 1.29 is 33.3 Å². The second kappa shape index (κ2) is 16.5. The SMILES string of the molecule is C=C(C)C(=O)OCCOCCOC(COCC)CC(=C)C(=O)OCCCC. The molecule has 0 heterocycles. The van der Waals surface area contributed by atoms with Crippen LogP contribution in [0.4, 0.5) is 0 Å². The number of carbonyl (C=O) groups excluding carboxylic acids is 2. The third-order valence-electron chi connectivity index (χ3n) is 3.39. The van der Waals surface area contributed by atoms with E-state index in [-0.39, 0.29) is 19.3 Å². The molecule has 7 heteroatoms. The molecule has 0 aromatic carbocycles. The molecule has 7 nitrogen and oxygen atoms in total. The molecule has 0 aromatic heterocycles. The van der Waals surface area contributed by atoms with Crippen molar-refractivity contribution in [2.24, 2.45) is 0 Å². The van der Waals surface area contributed by atoms with Gasteiger partial charge in [0.2, 0.25) is 0 Å². The Labute approximate surface area is 162 Å². The molecule has 0 rings (SSSR count).